The first-order valence-corrected chi connectivity index (χ1v) is 12.0. The molecule has 1 fully saturated rings. The van der Waals surface area contributed by atoms with E-state index in [2.05, 4.69) is 94.0 Å². The van der Waals surface area contributed by atoms with Crippen LogP contribution >= 0.6 is 0 Å². The average Bonchev–Trinajstić information content (AvgIpc) is 3.24. The monoisotopic (exact) mass is 437 g/mol. The summed E-state index contributed by atoms with van der Waals surface area (Å²) in [6.07, 6.45) is 6.46. The molecule has 0 spiro atoms. The predicted octanol–water partition coefficient (Wildman–Crippen LogP) is 3.15. The minimum absolute atomic E-state index is 0.770. The van der Waals surface area contributed by atoms with E-state index in [-0.39, 0.29) is 0 Å². The SMILES string of the molecule is CCCc1cc(N2CC[NH+](CC=Cc3ccccc3)CC2)[n+]2c([nH]c3ccccc32)c1C#N. The maximum atomic E-state index is 9.96. The number of benzene rings is 2. The van der Waals surface area contributed by atoms with Crippen LogP contribution in [0.2, 0.25) is 0 Å². The molecule has 0 amide bonds. The molecule has 33 heavy (non-hydrogen) atoms. The molecule has 2 N–H and O–H groups in total. The van der Waals surface area contributed by atoms with Crippen LogP contribution in [-0.4, -0.2) is 37.7 Å². The van der Waals surface area contributed by atoms with Gasteiger partial charge in [0.1, 0.15) is 48.8 Å². The van der Waals surface area contributed by atoms with Crippen LogP contribution in [0.1, 0.15) is 30.0 Å². The van der Waals surface area contributed by atoms with E-state index in [1.54, 1.807) is 4.90 Å². The van der Waals surface area contributed by atoms with Crippen molar-refractivity contribution >= 4 is 28.6 Å². The molecule has 4 aromatic rings. The number of nitriles is 1. The summed E-state index contributed by atoms with van der Waals surface area (Å²) >= 11 is 0. The number of hydrogen-bond donors (Lipinski definition) is 2. The number of rotatable bonds is 6. The van der Waals surface area contributed by atoms with E-state index < -0.39 is 0 Å². The fourth-order valence-corrected chi connectivity index (χ4v) is 4.94. The van der Waals surface area contributed by atoms with Gasteiger partial charge >= 0.3 is 0 Å². The molecule has 5 nitrogen and oxygen atoms in total. The van der Waals surface area contributed by atoms with Crippen LogP contribution in [0, 0.1) is 11.3 Å². The number of pyridine rings is 1. The molecule has 1 aliphatic rings. The lowest BCUT2D eigenvalue weighted by molar-refractivity contribution is -0.894. The number of aromatic amines is 1. The van der Waals surface area contributed by atoms with E-state index >= 15 is 0 Å². The van der Waals surface area contributed by atoms with Gasteiger partial charge in [0, 0.05) is 6.07 Å². The highest BCUT2D eigenvalue weighted by molar-refractivity contribution is 5.77. The number of aromatic nitrogens is 2. The molecule has 0 atom stereocenters. The molecule has 5 heteroatoms. The lowest BCUT2D eigenvalue weighted by atomic mass is 10.1. The van der Waals surface area contributed by atoms with Crippen molar-refractivity contribution < 1.29 is 9.30 Å². The smallest absolute Gasteiger partial charge is 0.250 e. The number of nitrogens with zero attached hydrogens (tertiary/aromatic N) is 3. The number of piperazine rings is 1. The number of aryl methyl sites for hydroxylation is 1. The van der Waals surface area contributed by atoms with E-state index in [9.17, 15) is 5.26 Å². The van der Waals surface area contributed by atoms with E-state index in [0.29, 0.717) is 0 Å². The first kappa shape index (κ1) is 21.2. The van der Waals surface area contributed by atoms with Crippen LogP contribution in [0.3, 0.4) is 0 Å². The molecule has 0 bridgehead atoms. The van der Waals surface area contributed by atoms with Crippen molar-refractivity contribution in [2.24, 2.45) is 0 Å². The number of nitrogens with one attached hydrogen (secondary N) is 2. The van der Waals surface area contributed by atoms with Crippen LogP contribution in [-0.2, 0) is 6.42 Å². The molecule has 1 saturated heterocycles. The third kappa shape index (κ3) is 4.22. The van der Waals surface area contributed by atoms with Crippen LogP contribution in [0.4, 0.5) is 5.82 Å². The van der Waals surface area contributed by atoms with Gasteiger partial charge in [0.25, 0.3) is 0 Å². The number of imidazole rings is 1. The Morgan fingerprint density at radius 2 is 1.85 bits per heavy atom. The standard InChI is InChI=1S/C28H29N5/c1-2-9-23-20-27(33-26-14-7-6-13-25(26)30-28(33)24(23)21-29)32-18-16-31(17-19-32)15-8-12-22-10-4-3-5-11-22/h3-8,10-14,20H,2,9,15-19H2,1H3/p+2. The summed E-state index contributed by atoms with van der Waals surface area (Å²) < 4.78 is 2.26. The number of anilines is 1. The van der Waals surface area contributed by atoms with E-state index in [0.717, 1.165) is 73.4 Å². The van der Waals surface area contributed by atoms with Crippen molar-refractivity contribution in [3.63, 3.8) is 0 Å². The summed E-state index contributed by atoms with van der Waals surface area (Å²) in [5, 5.41) is 9.96. The number of para-hydroxylation sites is 2. The summed E-state index contributed by atoms with van der Waals surface area (Å²) in [4.78, 5) is 7.64. The van der Waals surface area contributed by atoms with Gasteiger partial charge in [0.2, 0.25) is 11.5 Å². The number of quaternary nitrogens is 1. The maximum absolute atomic E-state index is 9.96. The Morgan fingerprint density at radius 3 is 2.61 bits per heavy atom. The van der Waals surface area contributed by atoms with Crippen molar-refractivity contribution in [1.82, 2.24) is 4.98 Å². The molecule has 0 unspecified atom stereocenters. The second-order valence-electron chi connectivity index (χ2n) is 8.84. The first-order chi connectivity index (χ1) is 16.3. The molecule has 0 saturated carbocycles. The largest absolute Gasteiger partial charge is 0.326 e. The quantitative estimate of drug-likeness (QED) is 0.456. The summed E-state index contributed by atoms with van der Waals surface area (Å²) in [6, 6.07) is 23.6. The van der Waals surface area contributed by atoms with Gasteiger partial charge < -0.3 is 4.90 Å². The van der Waals surface area contributed by atoms with Crippen LogP contribution in [0.5, 0.6) is 0 Å². The minimum atomic E-state index is 0.770. The highest BCUT2D eigenvalue weighted by atomic mass is 15.3. The van der Waals surface area contributed by atoms with Crippen molar-refractivity contribution in [3.8, 4) is 6.07 Å². The summed E-state index contributed by atoms with van der Waals surface area (Å²) in [6.45, 7) is 7.45. The van der Waals surface area contributed by atoms with Gasteiger partial charge in [0.05, 0.1) is 6.54 Å². The molecule has 2 aromatic carbocycles. The van der Waals surface area contributed by atoms with Crippen LogP contribution in [0.25, 0.3) is 22.8 Å². The molecule has 1 aliphatic heterocycles. The van der Waals surface area contributed by atoms with Gasteiger partial charge in [-0.05, 0) is 35.8 Å². The molecular weight excluding hydrogens is 406 g/mol. The zero-order chi connectivity index (χ0) is 22.6. The summed E-state index contributed by atoms with van der Waals surface area (Å²) in [5.74, 6) is 1.20. The lowest BCUT2D eigenvalue weighted by Crippen LogP contribution is -3.14. The predicted molar refractivity (Wildman–Crippen MR) is 133 cm³/mol. The fraction of sp³-hybridized carbons (Fsp3) is 0.286. The molecular formula is C28H31N5+2. The second kappa shape index (κ2) is 9.48. The van der Waals surface area contributed by atoms with E-state index in [4.69, 9.17) is 0 Å². The van der Waals surface area contributed by atoms with Crippen molar-refractivity contribution in [1.29, 1.82) is 5.26 Å². The van der Waals surface area contributed by atoms with Gasteiger partial charge in [-0.25, -0.2) is 0 Å². The molecule has 166 valence electrons. The van der Waals surface area contributed by atoms with Gasteiger partial charge in [-0.15, -0.1) is 0 Å². The van der Waals surface area contributed by atoms with Crippen molar-refractivity contribution in [2.45, 2.75) is 19.8 Å². The Hall–Kier alpha value is -3.62. The first-order valence-electron chi connectivity index (χ1n) is 12.0. The van der Waals surface area contributed by atoms with Gasteiger partial charge in [0.15, 0.2) is 0 Å². The van der Waals surface area contributed by atoms with E-state index in [1.165, 1.54) is 11.4 Å². The van der Waals surface area contributed by atoms with Crippen LogP contribution in [0.15, 0.2) is 66.7 Å². The third-order valence-corrected chi connectivity index (χ3v) is 6.65. The van der Waals surface area contributed by atoms with Gasteiger partial charge in [-0.2, -0.15) is 9.66 Å². The molecule has 0 aliphatic carbocycles. The maximum Gasteiger partial charge on any atom is 0.250 e. The zero-order valence-corrected chi connectivity index (χ0v) is 19.2. The average molecular weight is 438 g/mol. The molecule has 2 aromatic heterocycles. The highest BCUT2D eigenvalue weighted by Crippen LogP contribution is 2.24. The van der Waals surface area contributed by atoms with Crippen molar-refractivity contribution in [3.05, 3.63) is 83.4 Å². The van der Waals surface area contributed by atoms with E-state index in [1.807, 2.05) is 6.07 Å². The second-order valence-corrected chi connectivity index (χ2v) is 8.84. The topological polar surface area (TPSA) is 51.4 Å². The van der Waals surface area contributed by atoms with Crippen molar-refractivity contribution in [2.75, 3.05) is 37.6 Å². The number of fused-ring (bicyclic) bond motifs is 3. The Balaban J connectivity index is 1.42. The molecule has 5 rings (SSSR count). The Morgan fingerprint density at radius 1 is 1.09 bits per heavy atom. The Kier molecular flexibility index (Phi) is 6.10. The minimum Gasteiger partial charge on any atom is -0.326 e. The third-order valence-electron chi connectivity index (χ3n) is 6.65. The zero-order valence-electron chi connectivity index (χ0n) is 19.2. The summed E-state index contributed by atoms with van der Waals surface area (Å²) in [5.41, 5.74) is 6.28. The summed E-state index contributed by atoms with van der Waals surface area (Å²) in [7, 11) is 0. The number of hydrogen-bond acceptors (Lipinski definition) is 2. The number of H-pyrrole nitrogens is 1. The molecule has 0 radical (unpaired) electrons. The molecule has 3 heterocycles. The van der Waals surface area contributed by atoms with Crippen LogP contribution < -0.4 is 14.2 Å². The fourth-order valence-electron chi connectivity index (χ4n) is 4.94. The Labute approximate surface area is 195 Å². The lowest BCUT2D eigenvalue weighted by Gasteiger charge is -2.30. The van der Waals surface area contributed by atoms with Gasteiger partial charge in [-0.3, -0.25) is 9.88 Å². The Bertz CT molecular complexity index is 1320. The van der Waals surface area contributed by atoms with Gasteiger partial charge in [-0.1, -0.05) is 61.9 Å². The normalized spacial score (nSPS) is 15.0. The highest BCUT2D eigenvalue weighted by Gasteiger charge is 2.29.